The summed E-state index contributed by atoms with van der Waals surface area (Å²) in [6.07, 6.45) is 1.46. The Balaban J connectivity index is 1.37. The molecule has 7 heteroatoms. The molecule has 6 nitrogen and oxygen atoms in total. The number of carbonyl (C=O) groups is 2. The molecule has 0 aliphatic carbocycles. The molecule has 0 saturated heterocycles. The summed E-state index contributed by atoms with van der Waals surface area (Å²) in [4.78, 5) is 25.9. The van der Waals surface area contributed by atoms with Crippen LogP contribution >= 0.6 is 11.6 Å². The summed E-state index contributed by atoms with van der Waals surface area (Å²) in [5.74, 6) is -0.319. The molecule has 0 bridgehead atoms. The zero-order valence-electron chi connectivity index (χ0n) is 20.7. The first-order valence-corrected chi connectivity index (χ1v) is 12.6. The lowest BCUT2D eigenvalue weighted by molar-refractivity contribution is 0.0734. The fourth-order valence-electron chi connectivity index (χ4n) is 4.01. The summed E-state index contributed by atoms with van der Waals surface area (Å²) < 4.78 is 11.6. The number of carbonyl (C=O) groups excluding carboxylic acids is 2. The molecule has 0 spiro atoms. The van der Waals surface area contributed by atoms with Gasteiger partial charge in [-0.2, -0.15) is 5.10 Å². The van der Waals surface area contributed by atoms with Crippen molar-refractivity contribution in [1.29, 1.82) is 0 Å². The lowest BCUT2D eigenvalue weighted by Crippen LogP contribution is -2.19. The number of hydrogen-bond donors (Lipinski definition) is 1. The van der Waals surface area contributed by atoms with Gasteiger partial charge in [-0.1, -0.05) is 96.5 Å². The average Bonchev–Trinajstić information content (AvgIpc) is 2.97. The Labute approximate surface area is 230 Å². The van der Waals surface area contributed by atoms with Crippen molar-refractivity contribution in [2.45, 2.75) is 6.61 Å². The standard InChI is InChI=1S/C32H23ClN2O4/c33-28-16-8-6-14-25(28)32(37)39-30-19-18-23-12-4-5-13-24(23)27(30)20-34-35-31(36)26-15-7-9-17-29(26)38-21-22-10-2-1-3-11-22/h1-20H,21H2,(H,35,36)/b34-20-. The molecule has 1 N–H and O–H groups in total. The molecular weight excluding hydrogens is 512 g/mol. The Bertz CT molecular complexity index is 1670. The van der Waals surface area contributed by atoms with Gasteiger partial charge in [0.2, 0.25) is 0 Å². The van der Waals surface area contributed by atoms with Crippen LogP contribution in [0.15, 0.2) is 120 Å². The van der Waals surface area contributed by atoms with Gasteiger partial charge < -0.3 is 9.47 Å². The molecule has 0 aliphatic rings. The maximum atomic E-state index is 13.0. The molecule has 0 saturated carbocycles. The van der Waals surface area contributed by atoms with E-state index in [9.17, 15) is 9.59 Å². The summed E-state index contributed by atoms with van der Waals surface area (Å²) in [7, 11) is 0. The summed E-state index contributed by atoms with van der Waals surface area (Å²) in [5.41, 5.74) is 4.67. The van der Waals surface area contributed by atoms with Gasteiger partial charge in [-0.3, -0.25) is 4.79 Å². The number of ether oxygens (including phenoxy) is 2. The van der Waals surface area contributed by atoms with E-state index in [0.29, 0.717) is 28.5 Å². The Hall–Kier alpha value is -4.94. The van der Waals surface area contributed by atoms with E-state index in [1.807, 2.05) is 60.7 Å². The largest absolute Gasteiger partial charge is 0.488 e. The molecule has 5 aromatic rings. The topological polar surface area (TPSA) is 77.0 Å². The van der Waals surface area contributed by atoms with Crippen molar-refractivity contribution in [3.63, 3.8) is 0 Å². The molecular formula is C32H23ClN2O4. The van der Waals surface area contributed by atoms with Gasteiger partial charge in [-0.15, -0.1) is 0 Å². The van der Waals surface area contributed by atoms with Crippen LogP contribution in [0.1, 0.15) is 31.8 Å². The Morgan fingerprint density at radius 1 is 0.744 bits per heavy atom. The maximum absolute atomic E-state index is 13.0. The fraction of sp³-hybridized carbons (Fsp3) is 0.0312. The first-order chi connectivity index (χ1) is 19.1. The van der Waals surface area contributed by atoms with Gasteiger partial charge in [0.25, 0.3) is 5.91 Å². The van der Waals surface area contributed by atoms with Crippen LogP contribution in [0.5, 0.6) is 11.5 Å². The molecule has 5 rings (SSSR count). The molecule has 0 aromatic heterocycles. The Kier molecular flexibility index (Phi) is 7.95. The molecule has 0 atom stereocenters. The quantitative estimate of drug-likeness (QED) is 0.100. The number of benzene rings is 5. The van der Waals surface area contributed by atoms with Gasteiger partial charge in [0.1, 0.15) is 18.1 Å². The molecule has 1 amide bonds. The minimum absolute atomic E-state index is 0.246. The minimum atomic E-state index is -0.598. The van der Waals surface area contributed by atoms with Crippen LogP contribution in [0.25, 0.3) is 10.8 Å². The van der Waals surface area contributed by atoms with Crippen molar-refractivity contribution < 1.29 is 19.1 Å². The number of hydrogen-bond acceptors (Lipinski definition) is 5. The van der Waals surface area contributed by atoms with Crippen molar-refractivity contribution in [3.8, 4) is 11.5 Å². The number of nitrogens with zero attached hydrogens (tertiary/aromatic N) is 1. The third-order valence-electron chi connectivity index (χ3n) is 5.96. The van der Waals surface area contributed by atoms with E-state index in [1.54, 1.807) is 54.6 Å². The van der Waals surface area contributed by atoms with Crippen LogP contribution in [0.4, 0.5) is 0 Å². The van der Waals surface area contributed by atoms with Crippen LogP contribution in [0, 0.1) is 0 Å². The highest BCUT2D eigenvalue weighted by Gasteiger charge is 2.16. The van der Waals surface area contributed by atoms with E-state index in [4.69, 9.17) is 21.1 Å². The molecule has 39 heavy (non-hydrogen) atoms. The highest BCUT2D eigenvalue weighted by atomic mass is 35.5. The third kappa shape index (κ3) is 6.14. The first kappa shape index (κ1) is 25.7. The van der Waals surface area contributed by atoms with Gasteiger partial charge >= 0.3 is 5.97 Å². The summed E-state index contributed by atoms with van der Waals surface area (Å²) in [6, 6.07) is 34.5. The minimum Gasteiger partial charge on any atom is -0.488 e. The molecule has 0 fully saturated rings. The summed E-state index contributed by atoms with van der Waals surface area (Å²) in [6.45, 7) is 0.324. The number of para-hydroxylation sites is 1. The van der Waals surface area contributed by atoms with Crippen molar-refractivity contribution in [2.24, 2.45) is 5.10 Å². The summed E-state index contributed by atoms with van der Waals surface area (Å²) in [5, 5.41) is 6.20. The summed E-state index contributed by atoms with van der Waals surface area (Å²) >= 11 is 6.18. The van der Waals surface area contributed by atoms with Gasteiger partial charge in [0, 0.05) is 5.56 Å². The van der Waals surface area contributed by atoms with Crippen molar-refractivity contribution >= 4 is 40.5 Å². The molecule has 0 aliphatic heterocycles. The number of hydrazone groups is 1. The zero-order chi connectivity index (χ0) is 27.0. The Morgan fingerprint density at radius 2 is 1.44 bits per heavy atom. The average molecular weight is 535 g/mol. The van der Waals surface area contributed by atoms with Crippen LogP contribution in [0.2, 0.25) is 5.02 Å². The van der Waals surface area contributed by atoms with Crippen molar-refractivity contribution in [1.82, 2.24) is 5.43 Å². The van der Waals surface area contributed by atoms with Gasteiger partial charge in [0.15, 0.2) is 0 Å². The van der Waals surface area contributed by atoms with Crippen molar-refractivity contribution in [2.75, 3.05) is 0 Å². The van der Waals surface area contributed by atoms with Crippen LogP contribution in [-0.2, 0) is 6.61 Å². The number of rotatable bonds is 8. The molecule has 0 unspecified atom stereocenters. The highest BCUT2D eigenvalue weighted by molar-refractivity contribution is 6.33. The van der Waals surface area contributed by atoms with Crippen molar-refractivity contribution in [3.05, 3.63) is 143 Å². The normalized spacial score (nSPS) is 10.9. The predicted octanol–water partition coefficient (Wildman–Crippen LogP) is 7.06. The number of amides is 1. The number of fused-ring (bicyclic) bond motifs is 1. The lowest BCUT2D eigenvalue weighted by atomic mass is 10.0. The number of nitrogens with one attached hydrogen (secondary N) is 1. The van der Waals surface area contributed by atoms with Gasteiger partial charge in [-0.05, 0) is 46.7 Å². The number of esters is 1. The first-order valence-electron chi connectivity index (χ1n) is 12.2. The zero-order valence-corrected chi connectivity index (χ0v) is 21.5. The predicted molar refractivity (Wildman–Crippen MR) is 153 cm³/mol. The van der Waals surface area contributed by atoms with Gasteiger partial charge in [-0.25, -0.2) is 10.2 Å². The van der Waals surface area contributed by atoms with E-state index >= 15 is 0 Å². The second kappa shape index (κ2) is 12.1. The smallest absolute Gasteiger partial charge is 0.345 e. The second-order valence-electron chi connectivity index (χ2n) is 8.54. The Morgan fingerprint density at radius 3 is 2.26 bits per heavy atom. The van der Waals surface area contributed by atoms with E-state index in [-0.39, 0.29) is 11.3 Å². The fourth-order valence-corrected chi connectivity index (χ4v) is 4.22. The van der Waals surface area contributed by atoms with Gasteiger partial charge in [0.05, 0.1) is 22.4 Å². The highest BCUT2D eigenvalue weighted by Crippen LogP contribution is 2.28. The second-order valence-corrected chi connectivity index (χ2v) is 8.94. The van der Waals surface area contributed by atoms with E-state index < -0.39 is 11.9 Å². The third-order valence-corrected chi connectivity index (χ3v) is 6.29. The molecule has 0 radical (unpaired) electrons. The van der Waals surface area contributed by atoms with Crippen LogP contribution in [0.3, 0.4) is 0 Å². The van der Waals surface area contributed by atoms with E-state index in [0.717, 1.165) is 16.3 Å². The van der Waals surface area contributed by atoms with Crippen LogP contribution < -0.4 is 14.9 Å². The van der Waals surface area contributed by atoms with Crippen LogP contribution in [-0.4, -0.2) is 18.1 Å². The monoisotopic (exact) mass is 534 g/mol. The molecule has 5 aromatic carbocycles. The van der Waals surface area contributed by atoms with E-state index in [1.165, 1.54) is 6.21 Å². The van der Waals surface area contributed by atoms with E-state index in [2.05, 4.69) is 10.5 Å². The number of halogens is 1. The SMILES string of the molecule is O=C(Oc1ccc2ccccc2c1/C=N\NC(=O)c1ccccc1OCc1ccccc1)c1ccccc1Cl. The molecule has 0 heterocycles. The lowest BCUT2D eigenvalue weighted by Gasteiger charge is -2.12. The maximum Gasteiger partial charge on any atom is 0.345 e. The molecule has 192 valence electrons.